The van der Waals surface area contributed by atoms with Crippen LogP contribution in [0.15, 0.2) is 46.9 Å². The van der Waals surface area contributed by atoms with Gasteiger partial charge in [-0.2, -0.15) is 0 Å². The summed E-state index contributed by atoms with van der Waals surface area (Å²) in [6, 6.07) is 13.8. The fraction of sp³-hybridized carbons (Fsp3) is 0.250. The third-order valence-electron chi connectivity index (χ3n) is 2.75. The lowest BCUT2D eigenvalue weighted by molar-refractivity contribution is 0.469. The van der Waals surface area contributed by atoms with E-state index >= 15 is 0 Å². The van der Waals surface area contributed by atoms with E-state index in [2.05, 4.69) is 41.2 Å². The lowest BCUT2D eigenvalue weighted by Crippen LogP contribution is -2.22. The molecule has 2 rings (SSSR count). The van der Waals surface area contributed by atoms with Gasteiger partial charge in [-0.05, 0) is 36.4 Å². The summed E-state index contributed by atoms with van der Waals surface area (Å²) in [4.78, 5) is 0. The van der Waals surface area contributed by atoms with Crippen molar-refractivity contribution >= 4 is 27.5 Å². The summed E-state index contributed by atoms with van der Waals surface area (Å²) >= 11 is 9.47. The van der Waals surface area contributed by atoms with Crippen LogP contribution < -0.4 is 10.1 Å². The number of hydrogen-bond acceptors (Lipinski definition) is 2. The highest BCUT2D eigenvalue weighted by atomic mass is 79.9. The Morgan fingerprint density at radius 1 is 1.20 bits per heavy atom. The Hall–Kier alpha value is -1.03. The highest BCUT2D eigenvalue weighted by molar-refractivity contribution is 9.10. The van der Waals surface area contributed by atoms with Crippen LogP contribution in [0.4, 0.5) is 0 Å². The van der Waals surface area contributed by atoms with Gasteiger partial charge in [0.25, 0.3) is 0 Å². The molecule has 20 heavy (non-hydrogen) atoms. The third kappa shape index (κ3) is 4.51. The van der Waals surface area contributed by atoms with E-state index in [0.717, 1.165) is 28.1 Å². The topological polar surface area (TPSA) is 21.3 Å². The first-order valence-electron chi connectivity index (χ1n) is 6.50. The summed E-state index contributed by atoms with van der Waals surface area (Å²) in [6.07, 6.45) is 0. The molecule has 0 atom stereocenters. The molecule has 0 aromatic heterocycles. The zero-order valence-corrected chi connectivity index (χ0v) is 13.8. The van der Waals surface area contributed by atoms with Crippen LogP contribution in [-0.4, -0.2) is 6.04 Å². The van der Waals surface area contributed by atoms with E-state index in [-0.39, 0.29) is 0 Å². The average molecular weight is 355 g/mol. The van der Waals surface area contributed by atoms with Crippen LogP contribution in [0.3, 0.4) is 0 Å². The third-order valence-corrected chi connectivity index (χ3v) is 3.48. The van der Waals surface area contributed by atoms with Crippen molar-refractivity contribution in [3.05, 3.63) is 57.5 Å². The Morgan fingerprint density at radius 3 is 2.70 bits per heavy atom. The van der Waals surface area contributed by atoms with Gasteiger partial charge in [-0.15, -0.1) is 0 Å². The van der Waals surface area contributed by atoms with Gasteiger partial charge in [-0.1, -0.05) is 47.4 Å². The number of ether oxygens (including phenoxy) is 1. The van der Waals surface area contributed by atoms with E-state index in [4.69, 9.17) is 16.3 Å². The molecule has 0 saturated carbocycles. The van der Waals surface area contributed by atoms with Crippen molar-refractivity contribution < 1.29 is 4.74 Å². The fourth-order valence-corrected chi connectivity index (χ4v) is 2.35. The molecule has 2 aromatic carbocycles. The zero-order valence-electron chi connectivity index (χ0n) is 11.5. The highest BCUT2D eigenvalue weighted by Crippen LogP contribution is 2.29. The van der Waals surface area contributed by atoms with Gasteiger partial charge in [-0.3, -0.25) is 0 Å². The Morgan fingerprint density at radius 2 is 2.00 bits per heavy atom. The lowest BCUT2D eigenvalue weighted by Gasteiger charge is -2.14. The fourth-order valence-electron chi connectivity index (χ4n) is 1.76. The molecule has 106 valence electrons. The second-order valence-corrected chi connectivity index (χ2v) is 6.20. The number of halogens is 2. The molecule has 0 unspecified atom stereocenters. The zero-order chi connectivity index (χ0) is 14.5. The number of nitrogens with one attached hydrogen (secondary N) is 1. The van der Waals surface area contributed by atoms with Gasteiger partial charge in [-0.25, -0.2) is 0 Å². The van der Waals surface area contributed by atoms with Gasteiger partial charge in [0.05, 0.1) is 0 Å². The molecular weight excluding hydrogens is 338 g/mol. The van der Waals surface area contributed by atoms with Crippen molar-refractivity contribution in [2.24, 2.45) is 0 Å². The number of hydrogen-bond donors (Lipinski definition) is 1. The summed E-state index contributed by atoms with van der Waals surface area (Å²) < 4.78 is 6.97. The molecule has 0 heterocycles. The van der Waals surface area contributed by atoms with Crippen LogP contribution in [0.2, 0.25) is 5.02 Å². The summed E-state index contributed by atoms with van der Waals surface area (Å²) in [6.45, 7) is 5.00. The highest BCUT2D eigenvalue weighted by Gasteiger charge is 2.07. The van der Waals surface area contributed by atoms with Crippen molar-refractivity contribution in [1.29, 1.82) is 0 Å². The van der Waals surface area contributed by atoms with Crippen molar-refractivity contribution in [2.75, 3.05) is 0 Å². The van der Waals surface area contributed by atoms with Crippen LogP contribution in [0, 0.1) is 0 Å². The Bertz CT molecular complexity index is 586. The standard InChI is InChI=1S/C16H17BrClNO/c1-11(2)19-10-12-8-13(17)6-7-16(12)20-15-5-3-4-14(18)9-15/h3-9,11,19H,10H2,1-2H3. The van der Waals surface area contributed by atoms with E-state index in [9.17, 15) is 0 Å². The second-order valence-electron chi connectivity index (χ2n) is 4.85. The molecule has 0 aliphatic heterocycles. The second kappa shape index (κ2) is 7.11. The first-order chi connectivity index (χ1) is 9.54. The lowest BCUT2D eigenvalue weighted by atomic mass is 10.2. The molecule has 0 radical (unpaired) electrons. The molecule has 0 aliphatic carbocycles. The molecule has 0 bridgehead atoms. The molecule has 0 spiro atoms. The van der Waals surface area contributed by atoms with Crippen LogP contribution >= 0.6 is 27.5 Å². The van der Waals surface area contributed by atoms with Crippen LogP contribution in [0.25, 0.3) is 0 Å². The van der Waals surface area contributed by atoms with Crippen molar-refractivity contribution in [1.82, 2.24) is 5.32 Å². The molecule has 1 N–H and O–H groups in total. The molecule has 2 nitrogen and oxygen atoms in total. The largest absolute Gasteiger partial charge is 0.457 e. The molecule has 2 aromatic rings. The predicted octanol–water partition coefficient (Wildman–Crippen LogP) is 5.39. The van der Waals surface area contributed by atoms with Gasteiger partial charge in [0.15, 0.2) is 0 Å². The summed E-state index contributed by atoms with van der Waals surface area (Å²) in [5, 5.41) is 4.07. The van der Waals surface area contributed by atoms with E-state index in [1.807, 2.05) is 36.4 Å². The predicted molar refractivity (Wildman–Crippen MR) is 87.6 cm³/mol. The number of benzene rings is 2. The van der Waals surface area contributed by atoms with Gasteiger partial charge in [0.1, 0.15) is 11.5 Å². The van der Waals surface area contributed by atoms with E-state index < -0.39 is 0 Å². The molecule has 4 heteroatoms. The van der Waals surface area contributed by atoms with Gasteiger partial charge < -0.3 is 10.1 Å². The van der Waals surface area contributed by atoms with Gasteiger partial charge >= 0.3 is 0 Å². The van der Waals surface area contributed by atoms with Crippen molar-refractivity contribution in [3.8, 4) is 11.5 Å². The quantitative estimate of drug-likeness (QED) is 0.777. The van der Waals surface area contributed by atoms with Crippen LogP contribution in [0.1, 0.15) is 19.4 Å². The minimum Gasteiger partial charge on any atom is -0.457 e. The SMILES string of the molecule is CC(C)NCc1cc(Br)ccc1Oc1cccc(Cl)c1. The van der Waals surface area contributed by atoms with E-state index in [0.29, 0.717) is 11.1 Å². The Kier molecular flexibility index (Phi) is 5.46. The molecule has 0 saturated heterocycles. The normalized spacial score (nSPS) is 10.8. The van der Waals surface area contributed by atoms with Crippen LogP contribution in [-0.2, 0) is 6.54 Å². The maximum absolute atomic E-state index is 5.98. The van der Waals surface area contributed by atoms with Crippen molar-refractivity contribution in [2.45, 2.75) is 26.4 Å². The first kappa shape index (κ1) is 15.4. The average Bonchev–Trinajstić information content (AvgIpc) is 2.39. The smallest absolute Gasteiger partial charge is 0.131 e. The summed E-state index contributed by atoms with van der Waals surface area (Å²) in [5.41, 5.74) is 1.10. The van der Waals surface area contributed by atoms with E-state index in [1.54, 1.807) is 0 Å². The van der Waals surface area contributed by atoms with E-state index in [1.165, 1.54) is 0 Å². The minimum atomic E-state index is 0.424. The van der Waals surface area contributed by atoms with Gasteiger partial charge in [0, 0.05) is 27.6 Å². The van der Waals surface area contributed by atoms with Gasteiger partial charge in [0.2, 0.25) is 0 Å². The molecule has 0 amide bonds. The summed E-state index contributed by atoms with van der Waals surface area (Å²) in [5.74, 6) is 1.58. The molecular formula is C16H17BrClNO. The van der Waals surface area contributed by atoms with Crippen molar-refractivity contribution in [3.63, 3.8) is 0 Å². The summed E-state index contributed by atoms with van der Waals surface area (Å²) in [7, 11) is 0. The Labute approximate surface area is 133 Å². The molecule has 0 aliphatic rings. The monoisotopic (exact) mass is 353 g/mol. The van der Waals surface area contributed by atoms with Crippen LogP contribution in [0.5, 0.6) is 11.5 Å². The number of rotatable bonds is 5. The molecule has 0 fully saturated rings. The Balaban J connectivity index is 2.21. The first-order valence-corrected chi connectivity index (χ1v) is 7.67. The minimum absolute atomic E-state index is 0.424. The maximum atomic E-state index is 5.98. The maximum Gasteiger partial charge on any atom is 0.131 e.